The number of rotatable bonds is 32. The van der Waals surface area contributed by atoms with Crippen molar-refractivity contribution in [1.82, 2.24) is 25.5 Å². The molecule has 0 bridgehead atoms. The molecule has 6 saturated heterocycles. The number of nitrogen functional groups attached to an aromatic ring is 1. The van der Waals surface area contributed by atoms with Crippen molar-refractivity contribution in [1.29, 1.82) is 0 Å². The molecule has 0 spiro atoms. The Balaban J connectivity index is 0.790. The van der Waals surface area contributed by atoms with E-state index in [1.807, 2.05) is 0 Å². The van der Waals surface area contributed by atoms with Gasteiger partial charge in [-0.2, -0.15) is 4.98 Å². The Kier molecular flexibility index (Phi) is 28.6. The maximum atomic E-state index is 13.2. The Labute approximate surface area is 575 Å². The van der Waals surface area contributed by atoms with Crippen LogP contribution in [0.25, 0.3) is 0 Å². The number of aryl methyl sites for hydroxylation is 1. The molecular formula is C57H83N6O38P. The number of aromatic nitrogens is 2. The lowest BCUT2D eigenvalue weighted by molar-refractivity contribution is -0.391. The zero-order valence-corrected chi connectivity index (χ0v) is 54.8. The van der Waals surface area contributed by atoms with Crippen molar-refractivity contribution in [2.45, 2.75) is 224 Å². The van der Waals surface area contributed by atoms with Gasteiger partial charge in [0.1, 0.15) is 97.3 Å². The number of phosphoric acid groups is 1. The summed E-state index contributed by atoms with van der Waals surface area (Å²) in [6.07, 6.45) is -48.9. The summed E-state index contributed by atoms with van der Waals surface area (Å²) in [7, 11) is -5.66. The van der Waals surface area contributed by atoms with E-state index in [0.29, 0.717) is 5.56 Å². The van der Waals surface area contributed by atoms with Gasteiger partial charge in [-0.3, -0.25) is 33.1 Å². The highest BCUT2D eigenvalue weighted by atomic mass is 31.2. The third-order valence-electron chi connectivity index (χ3n) is 17.2. The van der Waals surface area contributed by atoms with Gasteiger partial charge in [-0.15, -0.1) is 0 Å². The van der Waals surface area contributed by atoms with Crippen LogP contribution in [0.5, 0.6) is 0 Å². The van der Waals surface area contributed by atoms with Gasteiger partial charge in [-0.05, 0) is 43.0 Å². The first-order valence-corrected chi connectivity index (χ1v) is 33.0. The summed E-state index contributed by atoms with van der Waals surface area (Å²) in [6, 6.07) is 4.21. The van der Waals surface area contributed by atoms with Crippen molar-refractivity contribution in [2.24, 2.45) is 0 Å². The molecule has 3 amide bonds. The average molecular weight is 1490 g/mol. The fourth-order valence-electron chi connectivity index (χ4n) is 12.0. The molecule has 1 aromatic carbocycles. The predicted molar refractivity (Wildman–Crippen MR) is 321 cm³/mol. The molecule has 574 valence electrons. The molecule has 6 aliphatic heterocycles. The van der Waals surface area contributed by atoms with E-state index in [4.69, 9.17) is 71.6 Å². The summed E-state index contributed by atoms with van der Waals surface area (Å²) in [5.41, 5.74) is 5.20. The van der Waals surface area contributed by atoms with Crippen LogP contribution < -0.4 is 27.4 Å². The Morgan fingerprint density at radius 2 is 1.32 bits per heavy atom. The number of carboxylic acids is 1. The lowest BCUT2D eigenvalue weighted by atomic mass is 9.89. The Morgan fingerprint density at radius 1 is 0.725 bits per heavy atom. The number of hydrogen-bond acceptors (Lipinski definition) is 38. The van der Waals surface area contributed by atoms with Crippen LogP contribution in [0.15, 0.2) is 41.3 Å². The molecular weight excluding hydrogens is 1410 g/mol. The topological polar surface area (TPSA) is 669 Å². The second kappa shape index (κ2) is 35.8. The number of hydrogen-bond donors (Lipinski definition) is 20. The number of nitrogens with zero attached hydrogens (tertiary/aromatic N) is 2. The molecule has 0 radical (unpaired) electrons. The van der Waals surface area contributed by atoms with E-state index in [1.54, 1.807) is 0 Å². The van der Waals surface area contributed by atoms with E-state index < -0.39 is 254 Å². The fraction of sp³-hybridized carbons (Fsp3) is 0.719. The van der Waals surface area contributed by atoms with Crippen molar-refractivity contribution >= 4 is 50.3 Å². The third-order valence-corrected chi connectivity index (χ3v) is 18.2. The van der Waals surface area contributed by atoms with Crippen LogP contribution in [0.4, 0.5) is 5.82 Å². The maximum Gasteiger partial charge on any atom is 0.475 e. The smallest absolute Gasteiger partial charge is 0.475 e. The first kappa shape index (κ1) is 81.5. The van der Waals surface area contributed by atoms with Gasteiger partial charge in [0.05, 0.1) is 50.8 Å². The number of carboxylic acid groups (broad SMARTS) is 1. The summed E-state index contributed by atoms with van der Waals surface area (Å²) in [5, 5.41) is 169. The Morgan fingerprint density at radius 3 is 1.92 bits per heavy atom. The first-order chi connectivity index (χ1) is 48.2. The van der Waals surface area contributed by atoms with Crippen molar-refractivity contribution in [2.75, 3.05) is 38.7 Å². The zero-order chi connectivity index (χ0) is 74.8. The molecule has 1 aromatic heterocycles. The van der Waals surface area contributed by atoms with E-state index in [0.717, 1.165) is 24.6 Å². The largest absolute Gasteiger partial charge is 0.477 e. The fourth-order valence-corrected chi connectivity index (χ4v) is 12.9. The van der Waals surface area contributed by atoms with Crippen LogP contribution in [0.2, 0.25) is 0 Å². The van der Waals surface area contributed by atoms with E-state index in [1.165, 1.54) is 30.3 Å². The summed E-state index contributed by atoms with van der Waals surface area (Å²) < 4.78 is 90.6. The van der Waals surface area contributed by atoms with Crippen LogP contribution in [0.3, 0.4) is 0 Å². The minimum absolute atomic E-state index is 0.0859. The number of ether oxygens (including phenoxy) is 12. The monoisotopic (exact) mass is 1490 g/mol. The molecule has 8 rings (SSSR count). The highest BCUT2D eigenvalue weighted by Crippen LogP contribution is 2.52. The molecule has 44 nitrogen and oxygen atoms in total. The van der Waals surface area contributed by atoms with Gasteiger partial charge in [0.15, 0.2) is 43.6 Å². The number of anilines is 1. The molecule has 2 aromatic rings. The van der Waals surface area contributed by atoms with Crippen molar-refractivity contribution < 1.29 is 181 Å². The zero-order valence-electron chi connectivity index (χ0n) is 53.9. The second-order valence-electron chi connectivity index (χ2n) is 24.4. The number of phosphoric ester groups is 1. The van der Waals surface area contributed by atoms with Gasteiger partial charge in [0.2, 0.25) is 24.4 Å². The van der Waals surface area contributed by atoms with Crippen molar-refractivity contribution in [3.05, 3.63) is 58.1 Å². The molecule has 7 heterocycles. The number of benzene rings is 1. The number of aliphatic hydroxyl groups excluding tert-OH is 14. The summed E-state index contributed by atoms with van der Waals surface area (Å²) in [5.74, 6) is -7.73. The number of aliphatic carboxylic acids is 1. The van der Waals surface area contributed by atoms with Gasteiger partial charge in [0, 0.05) is 45.0 Å². The van der Waals surface area contributed by atoms with E-state index >= 15 is 0 Å². The summed E-state index contributed by atoms with van der Waals surface area (Å²) in [6.45, 7) is -1.59. The molecule has 0 saturated carbocycles. The van der Waals surface area contributed by atoms with Crippen LogP contribution >= 0.6 is 7.82 Å². The van der Waals surface area contributed by atoms with Crippen molar-refractivity contribution in [3.63, 3.8) is 0 Å². The predicted octanol–water partition coefficient (Wildman–Crippen LogP) is -10.8. The van der Waals surface area contributed by atoms with Gasteiger partial charge in [0.25, 0.3) is 24.6 Å². The normalized spacial score (nSPS) is 38.3. The van der Waals surface area contributed by atoms with Crippen LogP contribution in [0.1, 0.15) is 61.7 Å². The van der Waals surface area contributed by atoms with E-state index in [-0.39, 0.29) is 50.1 Å². The van der Waals surface area contributed by atoms with Gasteiger partial charge >= 0.3 is 19.5 Å². The van der Waals surface area contributed by atoms with Gasteiger partial charge < -0.3 is 160 Å². The third kappa shape index (κ3) is 19.5. The van der Waals surface area contributed by atoms with Gasteiger partial charge in [-0.25, -0.2) is 18.7 Å². The number of amides is 3. The number of aliphatic hydroxyl groups is 14. The molecule has 11 unspecified atom stereocenters. The highest BCUT2D eigenvalue weighted by Gasteiger charge is 2.60. The second-order valence-corrected chi connectivity index (χ2v) is 25.7. The molecule has 102 heavy (non-hydrogen) atoms. The van der Waals surface area contributed by atoms with Crippen LogP contribution in [-0.2, 0) is 101 Å². The molecule has 21 N–H and O–H groups in total. The summed E-state index contributed by atoms with van der Waals surface area (Å²) in [4.78, 5) is 100. The summed E-state index contributed by atoms with van der Waals surface area (Å²) >= 11 is 0. The van der Waals surface area contributed by atoms with Crippen molar-refractivity contribution in [3.8, 4) is 0 Å². The minimum Gasteiger partial charge on any atom is -0.477 e. The first-order valence-electron chi connectivity index (χ1n) is 31.5. The lowest BCUT2D eigenvalue weighted by Crippen LogP contribution is -2.68. The van der Waals surface area contributed by atoms with Crippen LogP contribution in [0, 0.1) is 0 Å². The number of carbonyl (C=O) groups is 6. The number of carbonyl (C=O) groups excluding carboxylic acids is 5. The molecule has 6 aliphatic rings. The molecule has 0 aliphatic carbocycles. The van der Waals surface area contributed by atoms with E-state index in [2.05, 4.69) is 20.9 Å². The van der Waals surface area contributed by atoms with Crippen LogP contribution in [-0.4, -0.2) is 332 Å². The average Bonchev–Trinajstić information content (AvgIpc) is 0.872. The maximum absolute atomic E-state index is 13.2. The van der Waals surface area contributed by atoms with E-state index in [9.17, 15) is 120 Å². The Hall–Kier alpha value is -6.13. The van der Waals surface area contributed by atoms with Gasteiger partial charge in [-0.1, -0.05) is 12.1 Å². The molecule has 45 heteroatoms. The molecule has 6 fully saturated rings. The lowest BCUT2D eigenvalue weighted by Gasteiger charge is -2.48. The SMILES string of the molecule is CC(=O)NC1C[C@H](O[C@@H]2OC(OC=O)[C@@H](O[C@H]3OC(CO)[C@@H](O)[C@H](O)C3NC(C)=O)[C@H](O)C2O)C(CO)O[C@@H]1O[C@@H]1C(OC=O)O[C@@H](OCCNC(=O)c2ccc(CCC[C@@H](O)[C@@H](O)C3O[C@](OP(=O)(O)OC[C@H]4O[C@@H](n5ccc(N)nc5=O)C(O)[C@H]4O)(C(=O)O)C[C@@H](O)[C@H]3O)cc2)C(O)[C@H]1O. The Bertz CT molecular complexity index is 3240. The number of nitrogens with one attached hydrogen (secondary N) is 3. The highest BCUT2D eigenvalue weighted by molar-refractivity contribution is 7.47. The quantitative estimate of drug-likeness (QED) is 0.0184. The number of nitrogens with two attached hydrogens (primary N) is 1. The minimum atomic E-state index is -5.66. The standard InChI is InChI=1S/C57H83N6O38P/c1-21(68)60-25-14-28(93-52-43(81)40(78)46(54(99-52)90-20-67)97-50-33(61-22(2)69)38(76)36(74)30(17-65)95-50)29(16-64)94-49(25)96-45-39(77)42(80)51(98-53(45)89-19-66)88-13-11-59-47(82)24-8-6-23(7-9-24)4-3-5-26(70)34(72)44-35(73)27(71)15-57(100-44,55(83)84)101-102(86,87)91-18-31-37(75)41(79)48(92-31)63-12-10-32(58)62-56(63)85/h6-10,12,19-20,25-31,33-46,48-54,64-65,70-81H,3-5,11,13-18H2,1-2H3,(H,59,82)(H,60,68)(H,61,69)(H,83,84)(H,86,87)(H2,58,62,85)/t25?,26-,27-,28+,29?,30?,31-,33?,34-,35-,36-,37+,38-,39-,40-,41?,42?,43?,44?,45+,46+,48-,49-,50-,51-,52-,53?,54?,57-/m1/s1. The molecule has 30 atom stereocenters.